The van der Waals surface area contributed by atoms with Crippen molar-refractivity contribution < 1.29 is 19.1 Å². The molecule has 6 atom stereocenters. The zero-order chi connectivity index (χ0) is 31.2. The highest BCUT2D eigenvalue weighted by atomic mass is 16.6. The van der Waals surface area contributed by atoms with E-state index in [9.17, 15) is 9.59 Å². The van der Waals surface area contributed by atoms with Crippen molar-refractivity contribution in [2.45, 2.75) is 193 Å². The molecule has 0 heterocycles. The van der Waals surface area contributed by atoms with Crippen molar-refractivity contribution in [1.82, 2.24) is 0 Å². The van der Waals surface area contributed by atoms with Crippen LogP contribution in [0.3, 0.4) is 0 Å². The fourth-order valence-electron chi connectivity index (χ4n) is 11.2. The van der Waals surface area contributed by atoms with Crippen molar-refractivity contribution >= 4 is 11.9 Å². The summed E-state index contributed by atoms with van der Waals surface area (Å²) in [6, 6.07) is 0. The molecule has 2 bridgehead atoms. The van der Waals surface area contributed by atoms with E-state index < -0.39 is 0 Å². The van der Waals surface area contributed by atoms with Crippen LogP contribution in [0.15, 0.2) is 0 Å². The molecule has 4 nitrogen and oxygen atoms in total. The number of rotatable bonds is 10. The normalized spacial score (nSPS) is 33.9. The lowest BCUT2D eigenvalue weighted by atomic mass is 9.74. The number of hydrogen-bond acceptors (Lipinski definition) is 4. The van der Waals surface area contributed by atoms with Gasteiger partial charge in [0, 0.05) is 6.42 Å². The van der Waals surface area contributed by atoms with Crippen molar-refractivity contribution in [3.8, 4) is 0 Å². The van der Waals surface area contributed by atoms with Crippen LogP contribution in [0.5, 0.6) is 0 Å². The Morgan fingerprint density at radius 3 is 1.68 bits per heavy atom. The topological polar surface area (TPSA) is 52.6 Å². The first-order chi connectivity index (χ1) is 21.3. The molecule has 6 saturated carbocycles. The number of carbonyl (C=O) groups excluding carboxylic acids is 2. The number of carbonyl (C=O) groups is 2. The van der Waals surface area contributed by atoms with Crippen molar-refractivity contribution in [3.63, 3.8) is 0 Å². The third-order valence-corrected chi connectivity index (χ3v) is 14.0. The molecule has 0 aromatic carbocycles. The van der Waals surface area contributed by atoms with E-state index in [-0.39, 0.29) is 29.1 Å². The van der Waals surface area contributed by atoms with Crippen molar-refractivity contribution in [3.05, 3.63) is 0 Å². The van der Waals surface area contributed by atoms with Gasteiger partial charge in [-0.2, -0.15) is 0 Å². The van der Waals surface area contributed by atoms with Gasteiger partial charge in [0.1, 0.15) is 11.2 Å². The van der Waals surface area contributed by atoms with Crippen LogP contribution >= 0.6 is 0 Å². The third-order valence-electron chi connectivity index (χ3n) is 14.0. The van der Waals surface area contributed by atoms with E-state index in [0.717, 1.165) is 50.4 Å². The van der Waals surface area contributed by atoms with Crippen LogP contribution in [0.2, 0.25) is 0 Å². The second-order valence-corrected chi connectivity index (χ2v) is 16.8. The Hall–Kier alpha value is -1.06. The Morgan fingerprint density at radius 1 is 0.682 bits per heavy atom. The molecule has 0 aromatic rings. The Kier molecular flexibility index (Phi) is 12.2. The van der Waals surface area contributed by atoms with Crippen LogP contribution in [0.1, 0.15) is 182 Å². The maximum Gasteiger partial charge on any atom is 0.309 e. The predicted octanol–water partition coefficient (Wildman–Crippen LogP) is 11.0. The molecule has 0 radical (unpaired) electrons. The third kappa shape index (κ3) is 7.90. The van der Waals surface area contributed by atoms with Gasteiger partial charge >= 0.3 is 11.9 Å². The number of ether oxygens (including phenoxy) is 2. The largest absolute Gasteiger partial charge is 0.459 e. The maximum absolute atomic E-state index is 13.1. The van der Waals surface area contributed by atoms with Gasteiger partial charge in [-0.05, 0) is 138 Å². The summed E-state index contributed by atoms with van der Waals surface area (Å²) in [7, 11) is 0. The number of esters is 2. The lowest BCUT2D eigenvalue weighted by Gasteiger charge is -2.41. The molecule has 6 rings (SSSR count). The van der Waals surface area contributed by atoms with E-state index in [2.05, 4.69) is 27.7 Å². The fraction of sp³-hybridized carbons (Fsp3) is 0.950. The standard InChI is InChI=1S/C21H34O2.C19H34O2/c1-14-15(2)18-12-16(14)13-19(18)20(22)23-21(10-6-7-11-21)17-8-4-3-5-9-17;1-3-9-16(2)12-13-18(20)21-19(14-7-8-15-19)17-10-5-4-6-11-17/h14-19H,3-13H2,1-2H3;16-17H,3-15H2,1-2H3. The first-order valence-corrected chi connectivity index (χ1v) is 19.7. The average Bonchev–Trinajstić information content (AvgIpc) is 3.85. The molecule has 0 saturated heterocycles. The SMILES string of the molecule is CC1C2CC(C(=O)OC3(C4CCCCC4)CCCC3)C(C2)C1C.CCCC(C)CCC(=O)OC1(C2CCCCC2)CCCC1. The number of fused-ring (bicyclic) bond motifs is 2. The van der Waals surface area contributed by atoms with Gasteiger partial charge in [-0.3, -0.25) is 9.59 Å². The van der Waals surface area contributed by atoms with Crippen molar-refractivity contribution in [2.24, 2.45) is 47.3 Å². The second-order valence-electron chi connectivity index (χ2n) is 16.8. The summed E-state index contributed by atoms with van der Waals surface area (Å²) >= 11 is 0. The molecule has 6 aliphatic carbocycles. The molecular weight excluding hydrogens is 544 g/mol. The Labute approximate surface area is 270 Å². The summed E-state index contributed by atoms with van der Waals surface area (Å²) in [5, 5.41) is 0. The van der Waals surface area contributed by atoms with E-state index in [1.165, 1.54) is 109 Å². The molecule has 0 N–H and O–H groups in total. The molecule has 44 heavy (non-hydrogen) atoms. The summed E-state index contributed by atoms with van der Waals surface area (Å²) in [5.41, 5.74) is -0.153. The minimum absolute atomic E-state index is 0.0745. The van der Waals surface area contributed by atoms with Gasteiger partial charge in [-0.25, -0.2) is 0 Å². The van der Waals surface area contributed by atoms with Gasteiger partial charge in [0.15, 0.2) is 0 Å². The lowest BCUT2D eigenvalue weighted by molar-refractivity contribution is -0.175. The minimum Gasteiger partial charge on any atom is -0.459 e. The Balaban J connectivity index is 0.000000176. The van der Waals surface area contributed by atoms with Crippen LogP contribution in [0, 0.1) is 47.3 Å². The van der Waals surface area contributed by atoms with Gasteiger partial charge in [0.05, 0.1) is 5.92 Å². The molecule has 252 valence electrons. The van der Waals surface area contributed by atoms with Gasteiger partial charge in [-0.1, -0.05) is 79.1 Å². The lowest BCUT2D eigenvalue weighted by Crippen LogP contribution is -2.44. The second kappa shape index (κ2) is 15.7. The molecule has 6 aliphatic rings. The minimum atomic E-state index is -0.0779. The van der Waals surface area contributed by atoms with Crippen LogP contribution in [-0.2, 0) is 19.1 Å². The molecule has 6 unspecified atom stereocenters. The molecular formula is C40H68O4. The van der Waals surface area contributed by atoms with E-state index in [0.29, 0.717) is 36.0 Å². The zero-order valence-electron chi connectivity index (χ0n) is 29.2. The van der Waals surface area contributed by atoms with E-state index in [1.807, 2.05) is 0 Å². The summed E-state index contributed by atoms with van der Waals surface area (Å²) in [5.74, 6) is 5.32. The molecule has 0 spiro atoms. The summed E-state index contributed by atoms with van der Waals surface area (Å²) in [6.45, 7) is 9.22. The Morgan fingerprint density at radius 2 is 1.20 bits per heavy atom. The van der Waals surface area contributed by atoms with E-state index in [1.54, 1.807) is 0 Å². The highest BCUT2D eigenvalue weighted by Gasteiger charge is 2.54. The van der Waals surface area contributed by atoms with E-state index in [4.69, 9.17) is 9.47 Å². The van der Waals surface area contributed by atoms with Crippen LogP contribution < -0.4 is 0 Å². The first kappa shape index (κ1) is 34.3. The van der Waals surface area contributed by atoms with Gasteiger partial charge in [-0.15, -0.1) is 0 Å². The molecule has 0 amide bonds. The smallest absolute Gasteiger partial charge is 0.309 e. The molecule has 4 heteroatoms. The summed E-state index contributed by atoms with van der Waals surface area (Å²) in [6.07, 6.45) is 29.2. The summed E-state index contributed by atoms with van der Waals surface area (Å²) < 4.78 is 12.5. The van der Waals surface area contributed by atoms with Crippen molar-refractivity contribution in [1.29, 1.82) is 0 Å². The zero-order valence-corrected chi connectivity index (χ0v) is 29.2. The van der Waals surface area contributed by atoms with Crippen molar-refractivity contribution in [2.75, 3.05) is 0 Å². The quantitative estimate of drug-likeness (QED) is 0.230. The van der Waals surface area contributed by atoms with Gasteiger partial charge in [0.25, 0.3) is 0 Å². The summed E-state index contributed by atoms with van der Waals surface area (Å²) in [4.78, 5) is 25.4. The number of hydrogen-bond donors (Lipinski definition) is 0. The molecule has 0 aromatic heterocycles. The molecule has 6 fully saturated rings. The van der Waals surface area contributed by atoms with E-state index >= 15 is 0 Å². The van der Waals surface area contributed by atoms with Crippen LogP contribution in [-0.4, -0.2) is 23.1 Å². The van der Waals surface area contributed by atoms with Gasteiger partial charge < -0.3 is 9.47 Å². The fourth-order valence-corrected chi connectivity index (χ4v) is 11.2. The monoisotopic (exact) mass is 613 g/mol. The Bertz CT molecular complexity index is 900. The predicted molar refractivity (Wildman–Crippen MR) is 179 cm³/mol. The first-order valence-electron chi connectivity index (χ1n) is 19.7. The highest BCUT2D eigenvalue weighted by molar-refractivity contribution is 5.74. The highest BCUT2D eigenvalue weighted by Crippen LogP contribution is 2.56. The van der Waals surface area contributed by atoms with Crippen LogP contribution in [0.25, 0.3) is 0 Å². The molecule has 0 aliphatic heterocycles. The average molecular weight is 613 g/mol. The van der Waals surface area contributed by atoms with Gasteiger partial charge in [0.2, 0.25) is 0 Å². The maximum atomic E-state index is 13.1. The van der Waals surface area contributed by atoms with Crippen LogP contribution in [0.4, 0.5) is 0 Å².